The van der Waals surface area contributed by atoms with Crippen molar-refractivity contribution in [1.29, 1.82) is 0 Å². The fourth-order valence-corrected chi connectivity index (χ4v) is 3.06. The first-order valence-electron chi connectivity index (χ1n) is 6.11. The van der Waals surface area contributed by atoms with Gasteiger partial charge in [0.15, 0.2) is 9.84 Å². The number of anilines is 1. The van der Waals surface area contributed by atoms with Gasteiger partial charge in [-0.1, -0.05) is 6.92 Å². The van der Waals surface area contributed by atoms with Crippen LogP contribution in [0.2, 0.25) is 0 Å². The second-order valence-corrected chi connectivity index (χ2v) is 7.76. The lowest BCUT2D eigenvalue weighted by atomic mass is 10.1. The fourth-order valence-electron chi connectivity index (χ4n) is 1.68. The Labute approximate surface area is 124 Å². The Bertz CT molecular complexity index is 585. The molecule has 1 aromatic carbocycles. The number of nitrogens with one attached hydrogen (secondary N) is 1. The second kappa shape index (κ2) is 6.99. The number of benzene rings is 1. The van der Waals surface area contributed by atoms with E-state index in [9.17, 15) is 13.2 Å². The van der Waals surface area contributed by atoms with E-state index >= 15 is 0 Å². The average Bonchev–Trinajstić information content (AvgIpc) is 2.34. The van der Waals surface area contributed by atoms with E-state index in [1.165, 1.54) is 18.2 Å². The van der Waals surface area contributed by atoms with Crippen LogP contribution in [0.15, 0.2) is 23.1 Å². The van der Waals surface area contributed by atoms with Gasteiger partial charge in [-0.2, -0.15) is 11.8 Å². The Morgan fingerprint density at radius 2 is 2.05 bits per heavy atom. The number of nitrogens with two attached hydrogens (primary N) is 1. The Morgan fingerprint density at radius 3 is 2.60 bits per heavy atom. The molecule has 0 heterocycles. The summed E-state index contributed by atoms with van der Waals surface area (Å²) in [4.78, 5) is 12.1. The molecule has 3 N–H and O–H groups in total. The molecule has 20 heavy (non-hydrogen) atoms. The molecule has 0 aliphatic carbocycles. The van der Waals surface area contributed by atoms with Crippen molar-refractivity contribution >= 4 is 33.2 Å². The highest BCUT2D eigenvalue weighted by Gasteiger charge is 2.14. The van der Waals surface area contributed by atoms with E-state index in [0.29, 0.717) is 12.5 Å². The molecule has 0 saturated carbocycles. The standard InChI is InChI=1S/C13H20N2O3S2/c1-9(8-19-2)7-15-13(16)10-4-11(14)6-12(5-10)20(3,17)18/h4-6,9H,7-8,14H2,1-3H3,(H,15,16). The number of hydrogen-bond donors (Lipinski definition) is 2. The van der Waals surface area contributed by atoms with Crippen molar-refractivity contribution in [3.05, 3.63) is 23.8 Å². The van der Waals surface area contributed by atoms with Crippen molar-refractivity contribution in [3.63, 3.8) is 0 Å². The summed E-state index contributed by atoms with van der Waals surface area (Å²) in [6.45, 7) is 2.58. The number of carbonyl (C=O) groups excluding carboxylic acids is 1. The third-order valence-corrected chi connectivity index (χ3v) is 4.68. The Hall–Kier alpha value is -1.21. The smallest absolute Gasteiger partial charge is 0.251 e. The zero-order chi connectivity index (χ0) is 15.3. The summed E-state index contributed by atoms with van der Waals surface area (Å²) in [6, 6.07) is 4.17. The number of nitrogen functional groups attached to an aromatic ring is 1. The van der Waals surface area contributed by atoms with Gasteiger partial charge in [0.25, 0.3) is 5.91 Å². The summed E-state index contributed by atoms with van der Waals surface area (Å²) in [6.07, 6.45) is 3.10. The maximum absolute atomic E-state index is 12.0. The fraction of sp³-hybridized carbons (Fsp3) is 0.462. The number of thioether (sulfide) groups is 1. The number of hydrogen-bond acceptors (Lipinski definition) is 5. The molecule has 0 aromatic heterocycles. The Kier molecular flexibility index (Phi) is 5.88. The molecule has 0 aliphatic heterocycles. The van der Waals surface area contributed by atoms with E-state index in [4.69, 9.17) is 5.73 Å². The lowest BCUT2D eigenvalue weighted by molar-refractivity contribution is 0.0949. The van der Waals surface area contributed by atoms with Gasteiger partial charge in [0, 0.05) is 24.1 Å². The number of amides is 1. The van der Waals surface area contributed by atoms with Crippen LogP contribution >= 0.6 is 11.8 Å². The predicted molar refractivity (Wildman–Crippen MR) is 83.8 cm³/mol. The zero-order valence-electron chi connectivity index (χ0n) is 11.8. The molecule has 0 bridgehead atoms. The van der Waals surface area contributed by atoms with Crippen molar-refractivity contribution in [3.8, 4) is 0 Å². The normalized spacial score (nSPS) is 12.9. The van der Waals surface area contributed by atoms with Crippen molar-refractivity contribution in [2.45, 2.75) is 11.8 Å². The first-order chi connectivity index (χ1) is 9.24. The van der Waals surface area contributed by atoms with Crippen LogP contribution in [0.1, 0.15) is 17.3 Å². The molecule has 7 heteroatoms. The van der Waals surface area contributed by atoms with Crippen LogP contribution in [0.5, 0.6) is 0 Å². The van der Waals surface area contributed by atoms with Crippen molar-refractivity contribution in [2.24, 2.45) is 5.92 Å². The van der Waals surface area contributed by atoms with Gasteiger partial charge in [-0.3, -0.25) is 4.79 Å². The van der Waals surface area contributed by atoms with Gasteiger partial charge in [0.2, 0.25) is 0 Å². The third-order valence-electron chi connectivity index (χ3n) is 2.68. The quantitative estimate of drug-likeness (QED) is 0.774. The molecule has 1 rings (SSSR count). The molecule has 0 spiro atoms. The number of carbonyl (C=O) groups is 1. The summed E-state index contributed by atoms with van der Waals surface area (Å²) >= 11 is 1.71. The molecule has 0 saturated heterocycles. The van der Waals surface area contributed by atoms with E-state index in [0.717, 1.165) is 12.0 Å². The van der Waals surface area contributed by atoms with Gasteiger partial charge >= 0.3 is 0 Å². The van der Waals surface area contributed by atoms with Crippen LogP contribution in [0.3, 0.4) is 0 Å². The topological polar surface area (TPSA) is 89.3 Å². The third kappa shape index (κ3) is 5.05. The first kappa shape index (κ1) is 16.8. The molecule has 0 aliphatic rings. The second-order valence-electron chi connectivity index (χ2n) is 4.83. The summed E-state index contributed by atoms with van der Waals surface area (Å²) in [5, 5.41) is 2.79. The molecule has 1 amide bonds. The number of sulfone groups is 1. The molecule has 0 radical (unpaired) electrons. The highest BCUT2D eigenvalue weighted by molar-refractivity contribution is 7.98. The molecule has 1 unspecified atom stereocenters. The van der Waals surface area contributed by atoms with Gasteiger partial charge in [0.1, 0.15) is 0 Å². The molecular weight excluding hydrogens is 296 g/mol. The SMILES string of the molecule is CSCC(C)CNC(=O)c1cc(N)cc(S(C)(=O)=O)c1. The Morgan fingerprint density at radius 1 is 1.40 bits per heavy atom. The van der Waals surface area contributed by atoms with Gasteiger partial charge in [-0.25, -0.2) is 8.42 Å². The minimum Gasteiger partial charge on any atom is -0.399 e. The van der Waals surface area contributed by atoms with E-state index in [-0.39, 0.29) is 22.1 Å². The summed E-state index contributed by atoms with van der Waals surface area (Å²) in [5.74, 6) is 0.991. The molecule has 5 nitrogen and oxygen atoms in total. The van der Waals surface area contributed by atoms with Crippen molar-refractivity contribution in [1.82, 2.24) is 5.32 Å². The van der Waals surface area contributed by atoms with E-state index in [2.05, 4.69) is 5.32 Å². The molecule has 1 atom stereocenters. The van der Waals surface area contributed by atoms with Gasteiger partial charge in [0.05, 0.1) is 4.90 Å². The van der Waals surface area contributed by atoms with Crippen molar-refractivity contribution < 1.29 is 13.2 Å². The van der Waals surface area contributed by atoms with Gasteiger partial charge in [-0.15, -0.1) is 0 Å². The molecule has 1 aromatic rings. The maximum Gasteiger partial charge on any atom is 0.251 e. The summed E-state index contributed by atoms with van der Waals surface area (Å²) in [5.41, 5.74) is 6.17. The van der Waals surface area contributed by atoms with Gasteiger partial charge < -0.3 is 11.1 Å². The van der Waals surface area contributed by atoms with Crippen LogP contribution in [0.25, 0.3) is 0 Å². The minimum atomic E-state index is -3.38. The van der Waals surface area contributed by atoms with Crippen LogP contribution in [-0.2, 0) is 9.84 Å². The van der Waals surface area contributed by atoms with Gasteiger partial charge in [-0.05, 0) is 36.1 Å². The van der Waals surface area contributed by atoms with E-state index < -0.39 is 9.84 Å². The van der Waals surface area contributed by atoms with E-state index in [1.807, 2.05) is 13.2 Å². The Balaban J connectivity index is 2.86. The highest BCUT2D eigenvalue weighted by atomic mass is 32.2. The predicted octanol–water partition coefficient (Wildman–Crippen LogP) is 1.40. The molecule has 0 fully saturated rings. The summed E-state index contributed by atoms with van der Waals surface area (Å²) in [7, 11) is -3.38. The molecular formula is C13H20N2O3S2. The lowest BCUT2D eigenvalue weighted by Crippen LogP contribution is -2.29. The van der Waals surface area contributed by atoms with Crippen LogP contribution < -0.4 is 11.1 Å². The van der Waals surface area contributed by atoms with Crippen LogP contribution in [-0.4, -0.2) is 39.1 Å². The van der Waals surface area contributed by atoms with E-state index in [1.54, 1.807) is 11.8 Å². The molecule has 112 valence electrons. The zero-order valence-corrected chi connectivity index (χ0v) is 13.5. The average molecular weight is 316 g/mol. The monoisotopic (exact) mass is 316 g/mol. The summed E-state index contributed by atoms with van der Waals surface area (Å²) < 4.78 is 23.0. The first-order valence-corrected chi connectivity index (χ1v) is 9.40. The van der Waals surface area contributed by atoms with Crippen LogP contribution in [0.4, 0.5) is 5.69 Å². The number of rotatable bonds is 6. The van der Waals surface area contributed by atoms with Crippen LogP contribution in [0, 0.1) is 5.92 Å². The lowest BCUT2D eigenvalue weighted by Gasteiger charge is -2.12. The largest absolute Gasteiger partial charge is 0.399 e. The highest BCUT2D eigenvalue weighted by Crippen LogP contribution is 2.17. The minimum absolute atomic E-state index is 0.0554. The van der Waals surface area contributed by atoms with Crippen molar-refractivity contribution in [2.75, 3.05) is 30.5 Å². The maximum atomic E-state index is 12.0.